The summed E-state index contributed by atoms with van der Waals surface area (Å²) in [4.78, 5) is 0. The molecule has 0 aliphatic carbocycles. The molecular formula is C16H24N2O2. The number of rotatable bonds is 4. The predicted octanol–water partition coefficient (Wildman–Crippen LogP) is 2.09. The molecule has 3 unspecified atom stereocenters. The molecule has 3 rings (SSSR count). The Hall–Kier alpha value is -0.940. The van der Waals surface area contributed by atoms with E-state index in [1.165, 1.54) is 17.5 Å². The van der Waals surface area contributed by atoms with Gasteiger partial charge in [0.1, 0.15) is 0 Å². The Morgan fingerprint density at radius 2 is 2.10 bits per heavy atom. The highest BCUT2D eigenvalue weighted by Gasteiger charge is 2.29. The van der Waals surface area contributed by atoms with E-state index in [0.717, 1.165) is 38.9 Å². The lowest BCUT2D eigenvalue weighted by molar-refractivity contribution is -0.0328. The molecule has 1 aromatic rings. The van der Waals surface area contributed by atoms with Crippen LogP contribution < -0.4 is 11.3 Å². The third-order valence-electron chi connectivity index (χ3n) is 4.44. The first-order valence-corrected chi connectivity index (χ1v) is 7.65. The molecule has 0 saturated carbocycles. The van der Waals surface area contributed by atoms with Crippen molar-refractivity contribution in [1.29, 1.82) is 0 Å². The fraction of sp³-hybridized carbons (Fsp3) is 0.625. The fourth-order valence-corrected chi connectivity index (χ4v) is 3.31. The first kappa shape index (κ1) is 14.0. The largest absolute Gasteiger partial charge is 0.377 e. The van der Waals surface area contributed by atoms with E-state index in [0.29, 0.717) is 0 Å². The summed E-state index contributed by atoms with van der Waals surface area (Å²) in [6.07, 6.45) is 5.70. The van der Waals surface area contributed by atoms with Crippen molar-refractivity contribution in [2.45, 2.75) is 50.4 Å². The topological polar surface area (TPSA) is 56.5 Å². The van der Waals surface area contributed by atoms with Crippen LogP contribution in [0.1, 0.15) is 42.9 Å². The van der Waals surface area contributed by atoms with Crippen LogP contribution in [0.15, 0.2) is 24.3 Å². The summed E-state index contributed by atoms with van der Waals surface area (Å²) in [6, 6.07) is 8.72. The Labute approximate surface area is 120 Å². The molecule has 4 nitrogen and oxygen atoms in total. The van der Waals surface area contributed by atoms with Gasteiger partial charge in [-0.25, -0.2) is 0 Å². The monoisotopic (exact) mass is 276 g/mol. The number of nitrogens with one attached hydrogen (secondary N) is 1. The number of nitrogens with two attached hydrogens (primary N) is 1. The van der Waals surface area contributed by atoms with Gasteiger partial charge in [0.25, 0.3) is 0 Å². The Morgan fingerprint density at radius 1 is 1.20 bits per heavy atom. The van der Waals surface area contributed by atoms with Crippen molar-refractivity contribution in [3.8, 4) is 0 Å². The number of hydrogen-bond donors (Lipinski definition) is 2. The van der Waals surface area contributed by atoms with Gasteiger partial charge in [0.2, 0.25) is 0 Å². The normalized spacial score (nSPS) is 27.9. The number of fused-ring (bicyclic) bond motifs is 1. The zero-order valence-corrected chi connectivity index (χ0v) is 11.9. The smallest absolute Gasteiger partial charge is 0.0844 e. The van der Waals surface area contributed by atoms with E-state index < -0.39 is 0 Å². The molecule has 2 aliphatic heterocycles. The Kier molecular flexibility index (Phi) is 4.68. The second-order valence-corrected chi connectivity index (χ2v) is 5.72. The van der Waals surface area contributed by atoms with Crippen LogP contribution in [-0.2, 0) is 15.9 Å². The van der Waals surface area contributed by atoms with E-state index in [1.54, 1.807) is 0 Å². The standard InChI is InChI=1S/C16H24N2O2/c17-18-14(15-7-3-4-9-19-15)11-16-13-6-2-1-5-12(13)8-10-20-16/h1-2,5-6,14-16,18H,3-4,7-11,17H2. The molecule has 2 aliphatic rings. The van der Waals surface area contributed by atoms with Crippen LogP contribution >= 0.6 is 0 Å². The molecule has 1 saturated heterocycles. The number of hydrazine groups is 1. The van der Waals surface area contributed by atoms with Gasteiger partial charge >= 0.3 is 0 Å². The zero-order valence-electron chi connectivity index (χ0n) is 11.9. The van der Waals surface area contributed by atoms with Gasteiger partial charge in [-0.2, -0.15) is 0 Å². The lowest BCUT2D eigenvalue weighted by Crippen LogP contribution is -2.47. The van der Waals surface area contributed by atoms with Crippen molar-refractivity contribution in [3.05, 3.63) is 35.4 Å². The first-order valence-electron chi connectivity index (χ1n) is 7.65. The van der Waals surface area contributed by atoms with Crippen molar-refractivity contribution >= 4 is 0 Å². The molecule has 1 fully saturated rings. The summed E-state index contributed by atoms with van der Waals surface area (Å²) in [5, 5.41) is 0. The third-order valence-corrected chi connectivity index (χ3v) is 4.44. The quantitative estimate of drug-likeness (QED) is 0.653. The van der Waals surface area contributed by atoms with Gasteiger partial charge in [0, 0.05) is 6.61 Å². The lowest BCUT2D eigenvalue weighted by atomic mass is 9.90. The SMILES string of the molecule is NNC(CC1OCCc2ccccc21)C1CCCCO1. The van der Waals surface area contributed by atoms with Crippen molar-refractivity contribution < 1.29 is 9.47 Å². The summed E-state index contributed by atoms with van der Waals surface area (Å²) >= 11 is 0. The predicted molar refractivity (Wildman–Crippen MR) is 78.2 cm³/mol. The van der Waals surface area contributed by atoms with Crippen LogP contribution in [0, 0.1) is 0 Å². The van der Waals surface area contributed by atoms with E-state index in [4.69, 9.17) is 15.3 Å². The molecule has 20 heavy (non-hydrogen) atoms. The van der Waals surface area contributed by atoms with Gasteiger partial charge in [-0.05, 0) is 43.2 Å². The van der Waals surface area contributed by atoms with Crippen molar-refractivity contribution in [2.24, 2.45) is 5.84 Å². The van der Waals surface area contributed by atoms with Gasteiger partial charge < -0.3 is 9.47 Å². The summed E-state index contributed by atoms with van der Waals surface area (Å²) in [5.74, 6) is 5.76. The summed E-state index contributed by atoms with van der Waals surface area (Å²) in [7, 11) is 0. The van der Waals surface area contributed by atoms with E-state index in [2.05, 4.69) is 29.7 Å². The average molecular weight is 276 g/mol. The van der Waals surface area contributed by atoms with Crippen LogP contribution in [-0.4, -0.2) is 25.4 Å². The highest BCUT2D eigenvalue weighted by atomic mass is 16.5. The molecule has 3 N–H and O–H groups in total. The minimum absolute atomic E-state index is 0.131. The molecule has 1 aromatic carbocycles. The van der Waals surface area contributed by atoms with Crippen LogP contribution in [0.2, 0.25) is 0 Å². The average Bonchev–Trinajstić information content (AvgIpc) is 2.53. The third kappa shape index (κ3) is 3.04. The second-order valence-electron chi connectivity index (χ2n) is 5.72. The maximum absolute atomic E-state index is 5.98. The maximum Gasteiger partial charge on any atom is 0.0844 e. The Bertz CT molecular complexity index is 432. The Morgan fingerprint density at radius 3 is 2.90 bits per heavy atom. The van der Waals surface area contributed by atoms with E-state index >= 15 is 0 Å². The van der Waals surface area contributed by atoms with E-state index in [-0.39, 0.29) is 18.2 Å². The molecule has 0 bridgehead atoms. The number of hydrogen-bond acceptors (Lipinski definition) is 4. The minimum atomic E-state index is 0.131. The van der Waals surface area contributed by atoms with Gasteiger partial charge in [0.05, 0.1) is 24.9 Å². The van der Waals surface area contributed by atoms with E-state index in [1.807, 2.05) is 0 Å². The lowest BCUT2D eigenvalue weighted by Gasteiger charge is -2.34. The Balaban J connectivity index is 1.70. The number of ether oxygens (including phenoxy) is 2. The minimum Gasteiger partial charge on any atom is -0.377 e. The van der Waals surface area contributed by atoms with Crippen molar-refractivity contribution in [3.63, 3.8) is 0 Å². The van der Waals surface area contributed by atoms with Crippen LogP contribution in [0.25, 0.3) is 0 Å². The summed E-state index contributed by atoms with van der Waals surface area (Å²) in [6.45, 7) is 1.65. The van der Waals surface area contributed by atoms with Crippen molar-refractivity contribution in [1.82, 2.24) is 5.43 Å². The van der Waals surface area contributed by atoms with Crippen LogP contribution in [0.4, 0.5) is 0 Å². The number of benzene rings is 1. The molecule has 4 heteroatoms. The van der Waals surface area contributed by atoms with Crippen molar-refractivity contribution in [2.75, 3.05) is 13.2 Å². The molecular weight excluding hydrogens is 252 g/mol. The maximum atomic E-state index is 5.98. The molecule has 3 atom stereocenters. The highest BCUT2D eigenvalue weighted by Crippen LogP contribution is 2.32. The van der Waals surface area contributed by atoms with Gasteiger partial charge in [-0.1, -0.05) is 24.3 Å². The van der Waals surface area contributed by atoms with Gasteiger partial charge in [0.15, 0.2) is 0 Å². The van der Waals surface area contributed by atoms with Gasteiger partial charge in [-0.15, -0.1) is 0 Å². The molecule has 0 amide bonds. The zero-order chi connectivity index (χ0) is 13.8. The van der Waals surface area contributed by atoms with Crippen LogP contribution in [0.3, 0.4) is 0 Å². The first-order chi connectivity index (χ1) is 9.88. The summed E-state index contributed by atoms with van der Waals surface area (Å²) in [5.41, 5.74) is 5.67. The molecule has 2 heterocycles. The molecule has 110 valence electrons. The van der Waals surface area contributed by atoms with E-state index in [9.17, 15) is 0 Å². The summed E-state index contributed by atoms with van der Waals surface area (Å²) < 4.78 is 11.8. The second kappa shape index (κ2) is 6.68. The molecule has 0 radical (unpaired) electrons. The molecule has 0 spiro atoms. The van der Waals surface area contributed by atoms with Gasteiger partial charge in [-0.3, -0.25) is 11.3 Å². The van der Waals surface area contributed by atoms with Crippen LogP contribution in [0.5, 0.6) is 0 Å². The molecule has 0 aromatic heterocycles. The highest BCUT2D eigenvalue weighted by molar-refractivity contribution is 5.31. The fourth-order valence-electron chi connectivity index (χ4n) is 3.31.